The first-order chi connectivity index (χ1) is 13.1. The number of anilines is 4. The molecule has 0 saturated heterocycles. The summed E-state index contributed by atoms with van der Waals surface area (Å²) in [6.07, 6.45) is 3.14. The van der Waals surface area contributed by atoms with E-state index in [-0.39, 0.29) is 5.91 Å². The van der Waals surface area contributed by atoms with Gasteiger partial charge in [-0.1, -0.05) is 12.1 Å². The van der Waals surface area contributed by atoms with Crippen LogP contribution < -0.4 is 16.4 Å². The second kappa shape index (κ2) is 6.75. The zero-order valence-corrected chi connectivity index (χ0v) is 14.5. The van der Waals surface area contributed by atoms with Gasteiger partial charge in [-0.3, -0.25) is 9.36 Å². The van der Waals surface area contributed by atoms with Gasteiger partial charge in [0.15, 0.2) is 11.6 Å². The second-order valence-corrected chi connectivity index (χ2v) is 5.95. The predicted molar refractivity (Wildman–Crippen MR) is 105 cm³/mol. The van der Waals surface area contributed by atoms with Gasteiger partial charge in [-0.25, -0.2) is 15.0 Å². The topological polar surface area (TPSA) is 111 Å². The number of nitrogens with one attached hydrogen (secondary N) is 2. The monoisotopic (exact) mass is 359 g/mol. The summed E-state index contributed by atoms with van der Waals surface area (Å²) in [6.45, 7) is 1.47. The number of carbonyl (C=O) groups is 1. The van der Waals surface area contributed by atoms with Crippen molar-refractivity contribution in [3.63, 3.8) is 0 Å². The average molecular weight is 359 g/mol. The summed E-state index contributed by atoms with van der Waals surface area (Å²) >= 11 is 0. The van der Waals surface area contributed by atoms with Crippen LogP contribution in [0.1, 0.15) is 6.92 Å². The summed E-state index contributed by atoms with van der Waals surface area (Å²) in [7, 11) is 0. The standard InChI is InChI=1S/C19H17N7O/c1-12(27)24-13-6-8-14(9-7-13)25-18-17(20)19(22-10-21-18)26-11-23-15-4-2-3-5-16(15)26/h2-11H,20H2,1H3,(H,24,27)(H,21,22,25). The Kier molecular flexibility index (Phi) is 4.13. The largest absolute Gasteiger partial charge is 0.393 e. The molecule has 0 aliphatic rings. The molecule has 4 rings (SSSR count). The van der Waals surface area contributed by atoms with E-state index in [0.717, 1.165) is 16.7 Å². The highest BCUT2D eigenvalue weighted by molar-refractivity contribution is 5.89. The summed E-state index contributed by atoms with van der Waals surface area (Å²) in [6, 6.07) is 15.0. The minimum atomic E-state index is -0.118. The molecule has 0 unspecified atom stereocenters. The lowest BCUT2D eigenvalue weighted by atomic mass is 10.2. The number of fused-ring (bicyclic) bond motifs is 1. The molecule has 1 amide bonds. The van der Waals surface area contributed by atoms with Crippen molar-refractivity contribution >= 4 is 39.8 Å². The predicted octanol–water partition coefficient (Wildman–Crippen LogP) is 3.10. The Bertz CT molecular complexity index is 1120. The molecule has 2 aromatic heterocycles. The van der Waals surface area contributed by atoms with Gasteiger partial charge in [0, 0.05) is 18.3 Å². The maximum Gasteiger partial charge on any atom is 0.221 e. The van der Waals surface area contributed by atoms with E-state index in [1.807, 2.05) is 41.0 Å². The number of nitrogens with zero attached hydrogens (tertiary/aromatic N) is 4. The maximum atomic E-state index is 11.1. The molecular weight excluding hydrogens is 342 g/mol. The van der Waals surface area contributed by atoms with Crippen LogP contribution >= 0.6 is 0 Å². The van der Waals surface area contributed by atoms with E-state index in [9.17, 15) is 4.79 Å². The number of hydrogen-bond acceptors (Lipinski definition) is 6. The number of rotatable bonds is 4. The molecule has 4 N–H and O–H groups in total. The molecule has 8 heteroatoms. The van der Waals surface area contributed by atoms with Gasteiger partial charge in [0.2, 0.25) is 5.91 Å². The van der Waals surface area contributed by atoms with Crippen LogP contribution in [-0.2, 0) is 4.79 Å². The highest BCUT2D eigenvalue weighted by Crippen LogP contribution is 2.27. The van der Waals surface area contributed by atoms with Gasteiger partial charge in [0.1, 0.15) is 18.3 Å². The van der Waals surface area contributed by atoms with Gasteiger partial charge in [0.05, 0.1) is 11.0 Å². The molecule has 2 aromatic carbocycles. The number of carbonyl (C=O) groups excluding carboxylic acids is 1. The van der Waals surface area contributed by atoms with Crippen LogP contribution in [0.2, 0.25) is 0 Å². The third-order valence-corrected chi connectivity index (χ3v) is 4.01. The quantitative estimate of drug-likeness (QED) is 0.516. The number of imidazole rings is 1. The molecule has 27 heavy (non-hydrogen) atoms. The summed E-state index contributed by atoms with van der Waals surface area (Å²) in [5, 5.41) is 5.91. The Hall–Kier alpha value is -3.94. The smallest absolute Gasteiger partial charge is 0.221 e. The molecule has 2 heterocycles. The fourth-order valence-electron chi connectivity index (χ4n) is 2.78. The van der Waals surface area contributed by atoms with Gasteiger partial charge in [-0.2, -0.15) is 0 Å². The van der Waals surface area contributed by atoms with Crippen LogP contribution in [0, 0.1) is 0 Å². The molecule has 0 bridgehead atoms. The van der Waals surface area contributed by atoms with Gasteiger partial charge in [-0.05, 0) is 36.4 Å². The first kappa shape index (κ1) is 16.5. The summed E-state index contributed by atoms with van der Waals surface area (Å²) in [5.41, 5.74) is 10.0. The van der Waals surface area contributed by atoms with Crippen LogP contribution in [0.3, 0.4) is 0 Å². The van der Waals surface area contributed by atoms with Crippen molar-refractivity contribution < 1.29 is 4.79 Å². The lowest BCUT2D eigenvalue weighted by molar-refractivity contribution is -0.114. The van der Waals surface area contributed by atoms with Gasteiger partial charge >= 0.3 is 0 Å². The molecule has 8 nitrogen and oxygen atoms in total. The minimum Gasteiger partial charge on any atom is -0.393 e. The van der Waals surface area contributed by atoms with E-state index >= 15 is 0 Å². The zero-order valence-electron chi connectivity index (χ0n) is 14.5. The summed E-state index contributed by atoms with van der Waals surface area (Å²) in [4.78, 5) is 24.0. The summed E-state index contributed by atoms with van der Waals surface area (Å²) < 4.78 is 1.83. The van der Waals surface area contributed by atoms with Gasteiger partial charge in [-0.15, -0.1) is 0 Å². The van der Waals surface area contributed by atoms with E-state index in [2.05, 4.69) is 25.6 Å². The van der Waals surface area contributed by atoms with Crippen molar-refractivity contribution in [2.75, 3.05) is 16.4 Å². The molecule has 0 atom stereocenters. The number of benzene rings is 2. The Labute approximate surface area is 155 Å². The summed E-state index contributed by atoms with van der Waals surface area (Å²) in [5.74, 6) is 0.925. The van der Waals surface area contributed by atoms with Crippen LogP contribution in [0.15, 0.2) is 61.2 Å². The number of amides is 1. The van der Waals surface area contributed by atoms with Crippen molar-refractivity contribution in [1.82, 2.24) is 19.5 Å². The van der Waals surface area contributed by atoms with Crippen molar-refractivity contribution in [2.45, 2.75) is 6.92 Å². The molecular formula is C19H17N7O. The first-order valence-corrected chi connectivity index (χ1v) is 8.29. The molecule has 0 aliphatic carbocycles. The Morgan fingerprint density at radius 2 is 1.74 bits per heavy atom. The Morgan fingerprint density at radius 1 is 1.00 bits per heavy atom. The van der Waals surface area contributed by atoms with Crippen LogP contribution in [0.5, 0.6) is 0 Å². The van der Waals surface area contributed by atoms with Crippen molar-refractivity contribution in [3.8, 4) is 5.82 Å². The lowest BCUT2D eigenvalue weighted by Gasteiger charge is -2.12. The third-order valence-electron chi connectivity index (χ3n) is 4.01. The number of nitrogens with two attached hydrogens (primary N) is 1. The van der Waals surface area contributed by atoms with Gasteiger partial charge in [0.25, 0.3) is 0 Å². The van der Waals surface area contributed by atoms with Crippen LogP contribution in [-0.4, -0.2) is 25.4 Å². The van der Waals surface area contributed by atoms with Crippen molar-refractivity contribution in [3.05, 3.63) is 61.2 Å². The third kappa shape index (κ3) is 3.28. The van der Waals surface area contributed by atoms with E-state index in [4.69, 9.17) is 5.73 Å². The number of para-hydroxylation sites is 2. The average Bonchev–Trinajstić information content (AvgIpc) is 3.09. The number of aromatic nitrogens is 4. The molecule has 4 aromatic rings. The Morgan fingerprint density at radius 3 is 2.52 bits per heavy atom. The Balaban J connectivity index is 1.65. The second-order valence-electron chi connectivity index (χ2n) is 5.95. The van der Waals surface area contributed by atoms with E-state index < -0.39 is 0 Å². The molecule has 0 fully saturated rings. The molecule has 134 valence electrons. The fourth-order valence-corrected chi connectivity index (χ4v) is 2.78. The highest BCUT2D eigenvalue weighted by atomic mass is 16.1. The zero-order chi connectivity index (χ0) is 18.8. The normalized spacial score (nSPS) is 10.7. The molecule has 0 radical (unpaired) electrons. The molecule has 0 saturated carbocycles. The van der Waals surface area contributed by atoms with E-state index in [0.29, 0.717) is 23.0 Å². The maximum absolute atomic E-state index is 11.1. The van der Waals surface area contributed by atoms with Crippen molar-refractivity contribution in [1.29, 1.82) is 0 Å². The van der Waals surface area contributed by atoms with E-state index in [1.165, 1.54) is 13.3 Å². The minimum absolute atomic E-state index is 0.118. The molecule has 0 aliphatic heterocycles. The van der Waals surface area contributed by atoms with Gasteiger partial charge < -0.3 is 16.4 Å². The lowest BCUT2D eigenvalue weighted by Crippen LogP contribution is -2.07. The number of nitrogen functional groups attached to an aromatic ring is 1. The van der Waals surface area contributed by atoms with Crippen LogP contribution in [0.4, 0.5) is 22.9 Å². The molecule has 0 spiro atoms. The number of hydrogen-bond donors (Lipinski definition) is 3. The van der Waals surface area contributed by atoms with E-state index in [1.54, 1.807) is 18.5 Å². The van der Waals surface area contributed by atoms with Crippen LogP contribution in [0.25, 0.3) is 16.9 Å². The SMILES string of the molecule is CC(=O)Nc1ccc(Nc2ncnc(-n3cnc4ccccc43)c2N)cc1. The fraction of sp³-hybridized carbons (Fsp3) is 0.0526. The van der Waals surface area contributed by atoms with Crippen molar-refractivity contribution in [2.24, 2.45) is 0 Å². The highest BCUT2D eigenvalue weighted by Gasteiger charge is 2.13. The first-order valence-electron chi connectivity index (χ1n) is 8.29.